The van der Waals surface area contributed by atoms with E-state index in [1.165, 1.54) is 12.0 Å². The van der Waals surface area contributed by atoms with Crippen LogP contribution in [0.1, 0.15) is 24.3 Å². The SMILES string of the molecule is O=C1Nc2ccccc2C2CCC12. The number of carbonyl (C=O) groups is 1. The summed E-state index contributed by atoms with van der Waals surface area (Å²) in [6.07, 6.45) is 2.24. The maximum Gasteiger partial charge on any atom is 0.228 e. The van der Waals surface area contributed by atoms with Gasteiger partial charge in [0.15, 0.2) is 0 Å². The van der Waals surface area contributed by atoms with E-state index < -0.39 is 0 Å². The smallest absolute Gasteiger partial charge is 0.228 e. The molecular formula is C11H11NO. The van der Waals surface area contributed by atoms with Gasteiger partial charge in [0.2, 0.25) is 5.91 Å². The van der Waals surface area contributed by atoms with Crippen molar-refractivity contribution < 1.29 is 4.79 Å². The first kappa shape index (κ1) is 7.13. The van der Waals surface area contributed by atoms with Gasteiger partial charge in [-0.2, -0.15) is 0 Å². The highest BCUT2D eigenvalue weighted by Crippen LogP contribution is 2.48. The van der Waals surface area contributed by atoms with Gasteiger partial charge >= 0.3 is 0 Å². The zero-order valence-electron chi connectivity index (χ0n) is 7.29. The monoisotopic (exact) mass is 173 g/mol. The number of anilines is 1. The van der Waals surface area contributed by atoms with E-state index in [4.69, 9.17) is 0 Å². The van der Waals surface area contributed by atoms with E-state index in [9.17, 15) is 4.79 Å². The molecule has 0 radical (unpaired) electrons. The number of amides is 1. The van der Waals surface area contributed by atoms with Crippen molar-refractivity contribution in [1.29, 1.82) is 0 Å². The van der Waals surface area contributed by atoms with Crippen molar-refractivity contribution in [2.75, 3.05) is 5.32 Å². The second-order valence-corrected chi connectivity index (χ2v) is 3.87. The third-order valence-corrected chi connectivity index (χ3v) is 3.23. The van der Waals surface area contributed by atoms with Crippen molar-refractivity contribution in [3.8, 4) is 0 Å². The summed E-state index contributed by atoms with van der Waals surface area (Å²) in [7, 11) is 0. The number of benzene rings is 1. The molecule has 0 saturated heterocycles. The van der Waals surface area contributed by atoms with Gasteiger partial charge in [0.25, 0.3) is 0 Å². The molecule has 13 heavy (non-hydrogen) atoms. The summed E-state index contributed by atoms with van der Waals surface area (Å²) in [6, 6.07) is 8.14. The fourth-order valence-electron chi connectivity index (χ4n) is 2.35. The van der Waals surface area contributed by atoms with E-state index >= 15 is 0 Å². The van der Waals surface area contributed by atoms with Crippen LogP contribution in [-0.2, 0) is 4.79 Å². The summed E-state index contributed by atoms with van der Waals surface area (Å²) in [5, 5.41) is 2.95. The second-order valence-electron chi connectivity index (χ2n) is 3.87. The van der Waals surface area contributed by atoms with E-state index in [-0.39, 0.29) is 11.8 Å². The molecule has 1 saturated carbocycles. The highest BCUT2D eigenvalue weighted by Gasteiger charge is 2.41. The molecule has 2 unspecified atom stereocenters. The molecule has 2 aliphatic rings. The Labute approximate surface area is 77.0 Å². The van der Waals surface area contributed by atoms with Gasteiger partial charge in [-0.25, -0.2) is 0 Å². The lowest BCUT2D eigenvalue weighted by molar-refractivity contribution is -0.123. The molecule has 66 valence electrons. The van der Waals surface area contributed by atoms with E-state index in [0.717, 1.165) is 12.1 Å². The largest absolute Gasteiger partial charge is 0.326 e. The highest BCUT2D eigenvalue weighted by atomic mass is 16.2. The molecular weight excluding hydrogens is 162 g/mol. The third-order valence-electron chi connectivity index (χ3n) is 3.23. The molecule has 3 rings (SSSR count). The highest BCUT2D eigenvalue weighted by molar-refractivity contribution is 5.97. The number of carbonyl (C=O) groups excluding carboxylic acids is 1. The predicted molar refractivity (Wildman–Crippen MR) is 50.5 cm³/mol. The number of para-hydroxylation sites is 1. The predicted octanol–water partition coefficient (Wildman–Crippen LogP) is 2.13. The van der Waals surface area contributed by atoms with Crippen molar-refractivity contribution in [1.82, 2.24) is 0 Å². The Kier molecular flexibility index (Phi) is 1.29. The van der Waals surface area contributed by atoms with Crippen LogP contribution in [0.25, 0.3) is 0 Å². The van der Waals surface area contributed by atoms with Crippen LogP contribution in [0.4, 0.5) is 5.69 Å². The lowest BCUT2D eigenvalue weighted by Crippen LogP contribution is -2.39. The standard InChI is InChI=1S/C11H11NO/c13-11-9-6-5-7(9)8-3-1-2-4-10(8)12-11/h1-4,7,9H,5-6H2,(H,12,13). The fourth-order valence-corrected chi connectivity index (χ4v) is 2.35. The fraction of sp³-hybridized carbons (Fsp3) is 0.364. The summed E-state index contributed by atoms with van der Waals surface area (Å²) in [4.78, 5) is 11.5. The van der Waals surface area contributed by atoms with Crippen LogP contribution in [0.3, 0.4) is 0 Å². The van der Waals surface area contributed by atoms with Gasteiger partial charge in [0, 0.05) is 11.6 Å². The second kappa shape index (κ2) is 2.34. The number of rotatable bonds is 0. The van der Waals surface area contributed by atoms with Gasteiger partial charge in [-0.1, -0.05) is 18.2 Å². The maximum atomic E-state index is 11.5. The van der Waals surface area contributed by atoms with Crippen LogP contribution in [-0.4, -0.2) is 5.91 Å². The minimum Gasteiger partial charge on any atom is -0.326 e. The van der Waals surface area contributed by atoms with E-state index in [0.29, 0.717) is 5.92 Å². The van der Waals surface area contributed by atoms with Crippen LogP contribution >= 0.6 is 0 Å². The molecule has 1 aromatic carbocycles. The maximum absolute atomic E-state index is 11.5. The average molecular weight is 173 g/mol. The van der Waals surface area contributed by atoms with E-state index in [1.54, 1.807) is 0 Å². The molecule has 1 aliphatic carbocycles. The van der Waals surface area contributed by atoms with Crippen molar-refractivity contribution in [3.05, 3.63) is 29.8 Å². The van der Waals surface area contributed by atoms with Crippen molar-refractivity contribution in [3.63, 3.8) is 0 Å². The van der Waals surface area contributed by atoms with E-state index in [1.807, 2.05) is 18.2 Å². The minimum atomic E-state index is 0.218. The molecule has 1 aliphatic heterocycles. The molecule has 1 N–H and O–H groups in total. The van der Waals surface area contributed by atoms with E-state index in [2.05, 4.69) is 11.4 Å². The first-order chi connectivity index (χ1) is 6.36. The Morgan fingerprint density at radius 1 is 1.15 bits per heavy atom. The summed E-state index contributed by atoms with van der Waals surface area (Å²) < 4.78 is 0. The topological polar surface area (TPSA) is 29.1 Å². The molecule has 1 aromatic rings. The van der Waals surface area contributed by atoms with Crippen LogP contribution in [0.5, 0.6) is 0 Å². The molecule has 0 aromatic heterocycles. The molecule has 2 nitrogen and oxygen atoms in total. The Bertz CT molecular complexity index is 372. The zero-order valence-corrected chi connectivity index (χ0v) is 7.29. The summed E-state index contributed by atoms with van der Waals surface area (Å²) >= 11 is 0. The van der Waals surface area contributed by atoms with Gasteiger partial charge in [-0.15, -0.1) is 0 Å². The Morgan fingerprint density at radius 3 is 2.69 bits per heavy atom. The lowest BCUT2D eigenvalue weighted by Gasteiger charge is -2.40. The van der Waals surface area contributed by atoms with Crippen LogP contribution < -0.4 is 5.32 Å². The molecule has 2 atom stereocenters. The summed E-state index contributed by atoms with van der Waals surface area (Å²) in [5.74, 6) is 0.981. The Hall–Kier alpha value is -1.31. The molecule has 1 heterocycles. The van der Waals surface area contributed by atoms with Crippen LogP contribution in [0, 0.1) is 5.92 Å². The average Bonchev–Trinajstić information content (AvgIpc) is 2.04. The van der Waals surface area contributed by atoms with Gasteiger partial charge in [0.1, 0.15) is 0 Å². The van der Waals surface area contributed by atoms with Crippen molar-refractivity contribution in [2.24, 2.45) is 5.92 Å². The molecule has 0 bridgehead atoms. The number of hydrogen-bond acceptors (Lipinski definition) is 1. The normalized spacial score (nSPS) is 29.7. The summed E-state index contributed by atoms with van der Waals surface area (Å²) in [5.41, 5.74) is 2.35. The molecule has 1 amide bonds. The van der Waals surface area contributed by atoms with Gasteiger partial charge in [-0.3, -0.25) is 4.79 Å². The molecule has 1 fully saturated rings. The summed E-state index contributed by atoms with van der Waals surface area (Å²) in [6.45, 7) is 0. The number of fused-ring (bicyclic) bond motifs is 3. The zero-order chi connectivity index (χ0) is 8.84. The van der Waals surface area contributed by atoms with Crippen LogP contribution in [0.15, 0.2) is 24.3 Å². The number of nitrogens with one attached hydrogen (secondary N) is 1. The molecule has 0 spiro atoms. The lowest BCUT2D eigenvalue weighted by atomic mass is 9.67. The van der Waals surface area contributed by atoms with Gasteiger partial charge in [-0.05, 0) is 30.4 Å². The number of hydrogen-bond donors (Lipinski definition) is 1. The quantitative estimate of drug-likeness (QED) is 0.639. The Balaban J connectivity index is 2.12. The van der Waals surface area contributed by atoms with Gasteiger partial charge < -0.3 is 5.32 Å². The van der Waals surface area contributed by atoms with Gasteiger partial charge in [0.05, 0.1) is 0 Å². The first-order valence-electron chi connectivity index (χ1n) is 4.76. The van der Waals surface area contributed by atoms with Crippen molar-refractivity contribution in [2.45, 2.75) is 18.8 Å². The third kappa shape index (κ3) is 0.857. The Morgan fingerprint density at radius 2 is 1.92 bits per heavy atom. The first-order valence-corrected chi connectivity index (χ1v) is 4.76. The van der Waals surface area contributed by atoms with Crippen LogP contribution in [0.2, 0.25) is 0 Å². The van der Waals surface area contributed by atoms with Crippen molar-refractivity contribution >= 4 is 11.6 Å². The minimum absolute atomic E-state index is 0.218. The molecule has 2 heteroatoms.